The predicted molar refractivity (Wildman–Crippen MR) is 175 cm³/mol. The van der Waals surface area contributed by atoms with Gasteiger partial charge in [-0.25, -0.2) is 13.2 Å². The van der Waals surface area contributed by atoms with E-state index in [2.05, 4.69) is 10.0 Å². The minimum absolute atomic E-state index is 0.0191. The number of ether oxygens (including phenoxy) is 2. The third-order valence-corrected chi connectivity index (χ3v) is 9.29. The summed E-state index contributed by atoms with van der Waals surface area (Å²) in [6.45, 7) is 10.1. The highest BCUT2D eigenvalue weighted by molar-refractivity contribution is 7.92. The second kappa shape index (κ2) is 16.5. The number of nitrogens with one attached hydrogen (secondary N) is 2. The third-order valence-electron chi connectivity index (χ3n) is 7.64. The second-order valence-corrected chi connectivity index (χ2v) is 14.2. The van der Waals surface area contributed by atoms with Crippen molar-refractivity contribution >= 4 is 39.2 Å². The van der Waals surface area contributed by atoms with Gasteiger partial charge < -0.3 is 29.7 Å². The molecule has 3 N–H and O–H groups in total. The van der Waals surface area contributed by atoms with Crippen molar-refractivity contribution in [1.29, 1.82) is 0 Å². The van der Waals surface area contributed by atoms with Crippen LogP contribution < -0.4 is 14.8 Å². The van der Waals surface area contributed by atoms with Crippen LogP contribution in [-0.2, 0) is 14.8 Å². The van der Waals surface area contributed by atoms with Gasteiger partial charge in [0, 0.05) is 49.4 Å². The van der Waals surface area contributed by atoms with Crippen molar-refractivity contribution in [3.8, 4) is 5.75 Å². The lowest BCUT2D eigenvalue weighted by molar-refractivity contribution is -0.0122. The summed E-state index contributed by atoms with van der Waals surface area (Å²) in [6.07, 6.45) is 1.69. The number of rotatable bonds is 8. The van der Waals surface area contributed by atoms with Crippen LogP contribution in [0.3, 0.4) is 0 Å². The van der Waals surface area contributed by atoms with Gasteiger partial charge in [0.1, 0.15) is 5.75 Å². The van der Waals surface area contributed by atoms with Crippen LogP contribution in [0.2, 0.25) is 5.02 Å². The number of urea groups is 1. The molecule has 1 aliphatic rings. The Hall–Kier alpha value is -3.06. The van der Waals surface area contributed by atoms with Crippen LogP contribution in [0.15, 0.2) is 47.4 Å². The van der Waals surface area contributed by atoms with E-state index in [-0.39, 0.29) is 59.5 Å². The lowest BCUT2D eigenvalue weighted by Crippen LogP contribution is -2.49. The standard InChI is InChI=1S/C32H47ClN4O7S/c1-21(2)34-32(40)36(6)19-30-22(3)18-37(23(4)20-38)31(39)28-17-26(35-45(41,42)27-13-10-25(33)11-14-27)12-15-29(28)44-24(5)9-7-8-16-43-30/h10-15,17,21-24,30,35,38H,7-9,16,18-20H2,1-6H3,(H,34,40)/t22-,23+,24-,30-/m1/s1. The molecule has 250 valence electrons. The number of aliphatic hydroxyl groups excluding tert-OH is 1. The molecule has 2 aromatic carbocycles. The van der Waals surface area contributed by atoms with Crippen molar-refractivity contribution in [2.75, 3.05) is 38.1 Å². The fourth-order valence-corrected chi connectivity index (χ4v) is 6.16. The lowest BCUT2D eigenvalue weighted by atomic mass is 10.0. The smallest absolute Gasteiger partial charge is 0.317 e. The molecule has 0 spiro atoms. The van der Waals surface area contributed by atoms with Crippen LogP contribution in [0.25, 0.3) is 0 Å². The molecule has 0 radical (unpaired) electrons. The van der Waals surface area contributed by atoms with E-state index >= 15 is 0 Å². The second-order valence-electron chi connectivity index (χ2n) is 12.1. The molecule has 3 rings (SSSR count). The van der Waals surface area contributed by atoms with Crippen molar-refractivity contribution < 1.29 is 32.6 Å². The molecule has 0 aromatic heterocycles. The Labute approximate surface area is 272 Å². The predicted octanol–water partition coefficient (Wildman–Crippen LogP) is 4.99. The van der Waals surface area contributed by atoms with E-state index in [1.165, 1.54) is 30.3 Å². The minimum atomic E-state index is -3.98. The molecule has 45 heavy (non-hydrogen) atoms. The van der Waals surface area contributed by atoms with Crippen molar-refractivity contribution in [1.82, 2.24) is 15.1 Å². The van der Waals surface area contributed by atoms with Crippen molar-refractivity contribution in [2.45, 2.75) is 83.1 Å². The van der Waals surface area contributed by atoms with E-state index in [0.29, 0.717) is 30.3 Å². The number of nitrogens with zero attached hydrogens (tertiary/aromatic N) is 2. The highest BCUT2D eigenvalue weighted by Gasteiger charge is 2.31. The Morgan fingerprint density at radius 3 is 2.47 bits per heavy atom. The van der Waals surface area contributed by atoms with Crippen LogP contribution in [-0.4, -0.2) is 92.9 Å². The van der Waals surface area contributed by atoms with E-state index in [4.69, 9.17) is 21.1 Å². The summed E-state index contributed by atoms with van der Waals surface area (Å²) in [7, 11) is -2.27. The van der Waals surface area contributed by atoms with Gasteiger partial charge in [0.15, 0.2) is 0 Å². The quantitative estimate of drug-likeness (QED) is 0.361. The molecule has 0 fully saturated rings. The maximum Gasteiger partial charge on any atom is 0.317 e. The Bertz CT molecular complexity index is 1390. The number of sulfonamides is 1. The van der Waals surface area contributed by atoms with E-state index in [9.17, 15) is 23.1 Å². The monoisotopic (exact) mass is 666 g/mol. The summed E-state index contributed by atoms with van der Waals surface area (Å²) in [5, 5.41) is 13.4. The molecule has 3 amide bonds. The summed E-state index contributed by atoms with van der Waals surface area (Å²) >= 11 is 5.93. The molecule has 13 heteroatoms. The molecule has 1 heterocycles. The van der Waals surface area contributed by atoms with Crippen LogP contribution in [0.4, 0.5) is 10.5 Å². The molecular formula is C32H47ClN4O7S. The molecule has 11 nitrogen and oxygen atoms in total. The number of amides is 3. The number of anilines is 1. The maximum atomic E-state index is 14.3. The Balaban J connectivity index is 1.98. The number of halogens is 1. The third kappa shape index (κ3) is 10.5. The number of fused-ring (bicyclic) bond motifs is 1. The first-order valence-electron chi connectivity index (χ1n) is 15.4. The van der Waals surface area contributed by atoms with Crippen LogP contribution >= 0.6 is 11.6 Å². The zero-order valence-electron chi connectivity index (χ0n) is 27.0. The van der Waals surface area contributed by atoms with Gasteiger partial charge in [-0.1, -0.05) is 18.5 Å². The number of carbonyl (C=O) groups is 2. The normalized spacial score (nSPS) is 20.9. The van der Waals surface area contributed by atoms with Gasteiger partial charge in [-0.15, -0.1) is 0 Å². The van der Waals surface area contributed by atoms with Gasteiger partial charge in [-0.05, 0) is 89.4 Å². The van der Waals surface area contributed by atoms with Gasteiger partial charge in [0.05, 0.1) is 35.3 Å². The van der Waals surface area contributed by atoms with E-state index < -0.39 is 22.0 Å². The summed E-state index contributed by atoms with van der Waals surface area (Å²) in [5.74, 6) is -0.338. The summed E-state index contributed by atoms with van der Waals surface area (Å²) in [6, 6.07) is 9.56. The fraction of sp³-hybridized carbons (Fsp3) is 0.562. The average Bonchev–Trinajstić information content (AvgIpc) is 2.98. The molecule has 0 unspecified atom stereocenters. The molecule has 0 saturated carbocycles. The highest BCUT2D eigenvalue weighted by Crippen LogP contribution is 2.29. The van der Waals surface area contributed by atoms with E-state index in [1.807, 2.05) is 27.7 Å². The zero-order valence-corrected chi connectivity index (χ0v) is 28.5. The SMILES string of the molecule is CC(C)NC(=O)N(C)C[C@H]1OCCCC[C@@H](C)Oc2ccc(NS(=O)(=O)c3ccc(Cl)cc3)cc2C(=O)N([C@@H](C)CO)C[C@H]1C. The van der Waals surface area contributed by atoms with Crippen LogP contribution in [0.1, 0.15) is 64.2 Å². The number of hydrogen-bond donors (Lipinski definition) is 3. The van der Waals surface area contributed by atoms with Gasteiger partial charge >= 0.3 is 6.03 Å². The largest absolute Gasteiger partial charge is 0.490 e. The van der Waals surface area contributed by atoms with Gasteiger partial charge in [-0.2, -0.15) is 0 Å². The lowest BCUT2D eigenvalue weighted by Gasteiger charge is -2.36. The molecule has 0 bridgehead atoms. The van der Waals surface area contributed by atoms with Crippen molar-refractivity contribution in [2.24, 2.45) is 5.92 Å². The number of aliphatic hydroxyl groups is 1. The summed E-state index contributed by atoms with van der Waals surface area (Å²) < 4.78 is 41.3. The van der Waals surface area contributed by atoms with Crippen molar-refractivity contribution in [3.05, 3.63) is 53.1 Å². The topological polar surface area (TPSA) is 138 Å². The molecule has 0 saturated heterocycles. The molecule has 0 aliphatic carbocycles. The van der Waals surface area contributed by atoms with Crippen molar-refractivity contribution in [3.63, 3.8) is 0 Å². The fourth-order valence-electron chi connectivity index (χ4n) is 4.99. The number of benzene rings is 2. The van der Waals surface area contributed by atoms with Gasteiger partial charge in [0.2, 0.25) is 0 Å². The van der Waals surface area contributed by atoms with Crippen LogP contribution in [0.5, 0.6) is 5.75 Å². The molecule has 1 aliphatic heterocycles. The van der Waals surface area contributed by atoms with E-state index in [0.717, 1.165) is 12.8 Å². The van der Waals surface area contributed by atoms with E-state index in [1.54, 1.807) is 35.9 Å². The van der Waals surface area contributed by atoms with Crippen LogP contribution in [0, 0.1) is 5.92 Å². The number of carbonyl (C=O) groups excluding carboxylic acids is 2. The summed E-state index contributed by atoms with van der Waals surface area (Å²) in [4.78, 5) is 30.1. The number of likely N-dealkylation sites (N-methyl/N-ethyl adjacent to an activating group) is 1. The maximum absolute atomic E-state index is 14.3. The first-order valence-corrected chi connectivity index (χ1v) is 17.2. The van der Waals surface area contributed by atoms with Gasteiger partial charge in [0.25, 0.3) is 15.9 Å². The van der Waals surface area contributed by atoms with Gasteiger partial charge in [-0.3, -0.25) is 9.52 Å². The molecule has 4 atom stereocenters. The number of hydrogen-bond acceptors (Lipinski definition) is 7. The Morgan fingerprint density at radius 1 is 1.13 bits per heavy atom. The zero-order chi connectivity index (χ0) is 33.3. The minimum Gasteiger partial charge on any atom is -0.490 e. The first-order chi connectivity index (χ1) is 21.2. The summed E-state index contributed by atoms with van der Waals surface area (Å²) in [5.41, 5.74) is 0.340. The first kappa shape index (κ1) is 36.4. The Morgan fingerprint density at radius 2 is 1.82 bits per heavy atom. The Kier molecular flexibility index (Phi) is 13.3. The molecule has 2 aromatic rings. The average molecular weight is 667 g/mol. The highest BCUT2D eigenvalue weighted by atomic mass is 35.5. The molecular weight excluding hydrogens is 620 g/mol.